The molecule has 1 aromatic heterocycles. The number of aliphatic hydroxyl groups is 2. The molecule has 0 aliphatic carbocycles. The van der Waals surface area contributed by atoms with Crippen LogP contribution in [0.3, 0.4) is 0 Å². The molecular weight excluding hydrogens is 674 g/mol. The highest BCUT2D eigenvalue weighted by Crippen LogP contribution is 2.40. The summed E-state index contributed by atoms with van der Waals surface area (Å²) in [6.07, 6.45) is -12.4. The molecule has 7 nitrogen and oxygen atoms in total. The molecule has 1 fully saturated rings. The van der Waals surface area contributed by atoms with Gasteiger partial charge < -0.3 is 30.1 Å². The van der Waals surface area contributed by atoms with Crippen molar-refractivity contribution in [3.63, 3.8) is 0 Å². The smallest absolute Gasteiger partial charge is 0.422 e. The van der Waals surface area contributed by atoms with Crippen molar-refractivity contribution in [3.8, 4) is 17.6 Å². The third-order valence-corrected chi connectivity index (χ3v) is 10.1. The van der Waals surface area contributed by atoms with Gasteiger partial charge in [0.2, 0.25) is 0 Å². The van der Waals surface area contributed by atoms with Gasteiger partial charge >= 0.3 is 12.4 Å². The van der Waals surface area contributed by atoms with E-state index in [1.165, 1.54) is 31.5 Å². The lowest BCUT2D eigenvalue weighted by Gasteiger charge is -2.36. The molecule has 2 aromatic carbocycles. The molecule has 1 aliphatic rings. The number of benzene rings is 2. The van der Waals surface area contributed by atoms with E-state index in [0.717, 1.165) is 11.3 Å². The molecule has 3 unspecified atom stereocenters. The molecule has 1 aliphatic heterocycles. The topological polar surface area (TPSA) is 94.1 Å². The maximum absolute atomic E-state index is 15.1. The van der Waals surface area contributed by atoms with Gasteiger partial charge in [0.1, 0.15) is 19.1 Å². The van der Waals surface area contributed by atoms with Crippen LogP contribution in [0.2, 0.25) is 0 Å². The molecule has 258 valence electrons. The number of nitrogens with zero attached hydrogens (tertiary/aromatic N) is 1. The van der Waals surface area contributed by atoms with Gasteiger partial charge in [0.25, 0.3) is 0 Å². The molecule has 1 saturated heterocycles. The molecule has 3 atom stereocenters. The van der Waals surface area contributed by atoms with Crippen molar-refractivity contribution in [1.29, 1.82) is 0 Å². The third kappa shape index (κ3) is 10.5. The Balaban J connectivity index is 1.57. The normalized spacial score (nSPS) is 18.4. The first kappa shape index (κ1) is 36.8. The number of fused-ring (bicyclic) bond motifs is 1. The Hall–Kier alpha value is -3.02. The van der Waals surface area contributed by atoms with Gasteiger partial charge in [0.05, 0.1) is 52.7 Å². The van der Waals surface area contributed by atoms with Crippen molar-refractivity contribution in [2.75, 3.05) is 63.4 Å². The maximum Gasteiger partial charge on any atom is 0.422 e. The fourth-order valence-electron chi connectivity index (χ4n) is 5.15. The fraction of sp³-hybridized carbons (Fsp3) is 0.484. The Kier molecular flexibility index (Phi) is 11.8. The molecular formula is C31H35F7N3O4PS. The minimum absolute atomic E-state index is 0.0140. The number of β-amino-alcohol motifs (C(OH)–C–C–N with tert-alkyl or cyclic N) is 1. The maximum atomic E-state index is 15.1. The van der Waals surface area contributed by atoms with Crippen molar-refractivity contribution in [2.45, 2.75) is 43.5 Å². The predicted molar refractivity (Wildman–Crippen MR) is 170 cm³/mol. The first-order chi connectivity index (χ1) is 21.9. The Morgan fingerprint density at radius 3 is 2.51 bits per heavy atom. The summed E-state index contributed by atoms with van der Waals surface area (Å²) >= 11 is 1.02. The number of ether oxygens (including phenoxy) is 1. The minimum atomic E-state index is -4.62. The second kappa shape index (κ2) is 15.0. The SMILES string of the molecule is CP(C)(=O)c1ccc(NCC#Cc2sc3c(NC4CCN(CC(O)CO)CC4F)cccc3c2CC(F)(F)F)c(OCC(F)(F)F)c1. The number of nitrogens with one attached hydrogen (secondary N) is 2. The van der Waals surface area contributed by atoms with Crippen LogP contribution in [-0.4, -0.2) is 98.5 Å². The summed E-state index contributed by atoms with van der Waals surface area (Å²) < 4.78 is 113. The van der Waals surface area contributed by atoms with Gasteiger partial charge in [-0.15, -0.1) is 11.3 Å². The average molecular weight is 710 g/mol. The number of aliphatic hydroxyl groups excluding tert-OH is 2. The molecule has 4 N–H and O–H groups in total. The summed E-state index contributed by atoms with van der Waals surface area (Å²) in [5.41, 5.74) is 0.546. The highest BCUT2D eigenvalue weighted by atomic mass is 32.1. The van der Waals surface area contributed by atoms with Crippen molar-refractivity contribution in [2.24, 2.45) is 0 Å². The molecule has 3 aromatic rings. The molecule has 0 radical (unpaired) electrons. The number of halogens is 7. The van der Waals surface area contributed by atoms with Crippen LogP contribution in [0.1, 0.15) is 16.9 Å². The summed E-state index contributed by atoms with van der Waals surface area (Å²) in [5.74, 6) is 5.31. The van der Waals surface area contributed by atoms with Crippen molar-refractivity contribution < 1.29 is 50.2 Å². The second-order valence-electron chi connectivity index (χ2n) is 11.6. The summed E-state index contributed by atoms with van der Waals surface area (Å²) in [7, 11) is -2.82. The predicted octanol–water partition coefficient (Wildman–Crippen LogP) is 5.84. The Labute approximate surface area is 271 Å². The van der Waals surface area contributed by atoms with E-state index in [1.54, 1.807) is 23.1 Å². The van der Waals surface area contributed by atoms with E-state index < -0.39 is 57.4 Å². The molecule has 2 heterocycles. The lowest BCUT2D eigenvalue weighted by atomic mass is 10.0. The van der Waals surface area contributed by atoms with Crippen LogP contribution in [0.15, 0.2) is 36.4 Å². The molecule has 0 spiro atoms. The third-order valence-electron chi connectivity index (χ3n) is 7.39. The lowest BCUT2D eigenvalue weighted by Crippen LogP contribution is -2.50. The summed E-state index contributed by atoms with van der Waals surface area (Å²) in [6, 6.07) is 8.29. The van der Waals surface area contributed by atoms with Gasteiger partial charge in [0, 0.05) is 24.9 Å². The van der Waals surface area contributed by atoms with Crippen molar-refractivity contribution in [1.82, 2.24) is 4.90 Å². The van der Waals surface area contributed by atoms with E-state index in [1.807, 2.05) is 0 Å². The Bertz CT molecular complexity index is 1650. The number of rotatable bonds is 11. The zero-order valence-electron chi connectivity index (χ0n) is 25.5. The van der Waals surface area contributed by atoms with E-state index in [9.17, 15) is 36.0 Å². The highest BCUT2D eigenvalue weighted by molar-refractivity contribution is 7.70. The average Bonchev–Trinajstić information content (AvgIpc) is 3.31. The van der Waals surface area contributed by atoms with Crippen molar-refractivity contribution >= 4 is 45.2 Å². The first-order valence-corrected chi connectivity index (χ1v) is 18.0. The number of alkyl halides is 7. The summed E-state index contributed by atoms with van der Waals surface area (Å²) in [6.45, 7) is 1.33. The highest BCUT2D eigenvalue weighted by Gasteiger charge is 2.33. The van der Waals surface area contributed by atoms with E-state index >= 15 is 4.39 Å². The molecule has 4 rings (SSSR count). The molecule has 0 bridgehead atoms. The van der Waals surface area contributed by atoms with Gasteiger partial charge in [-0.05, 0) is 55.0 Å². The zero-order chi connectivity index (χ0) is 34.6. The van der Waals surface area contributed by atoms with Crippen LogP contribution in [0.4, 0.5) is 42.1 Å². The van der Waals surface area contributed by atoms with Gasteiger partial charge in [-0.1, -0.05) is 24.0 Å². The molecule has 16 heteroatoms. The largest absolute Gasteiger partial charge is 0.482 e. The monoisotopic (exact) mass is 709 g/mol. The van der Waals surface area contributed by atoms with Crippen LogP contribution < -0.4 is 20.7 Å². The lowest BCUT2D eigenvalue weighted by molar-refractivity contribution is -0.153. The second-order valence-corrected chi connectivity index (χ2v) is 15.9. The van der Waals surface area contributed by atoms with E-state index in [2.05, 4.69) is 22.5 Å². The summed E-state index contributed by atoms with van der Waals surface area (Å²) in [4.78, 5) is 1.84. The molecule has 47 heavy (non-hydrogen) atoms. The van der Waals surface area contributed by atoms with E-state index in [4.69, 9.17) is 9.84 Å². The van der Waals surface area contributed by atoms with Crippen LogP contribution >= 0.6 is 18.5 Å². The van der Waals surface area contributed by atoms with Crippen LogP contribution in [0.25, 0.3) is 10.1 Å². The Morgan fingerprint density at radius 1 is 1.13 bits per heavy atom. The first-order valence-electron chi connectivity index (χ1n) is 14.6. The van der Waals surface area contributed by atoms with E-state index in [-0.39, 0.29) is 41.5 Å². The fourth-order valence-corrected chi connectivity index (χ4v) is 7.18. The Morgan fingerprint density at radius 2 is 1.87 bits per heavy atom. The number of likely N-dealkylation sites (tertiary alicyclic amines) is 1. The van der Waals surface area contributed by atoms with Gasteiger partial charge in [0.15, 0.2) is 6.61 Å². The quantitative estimate of drug-likeness (QED) is 0.113. The zero-order valence-corrected chi connectivity index (χ0v) is 27.2. The van der Waals surface area contributed by atoms with E-state index in [0.29, 0.717) is 34.0 Å². The number of piperidine rings is 1. The van der Waals surface area contributed by atoms with Gasteiger partial charge in [-0.3, -0.25) is 4.90 Å². The van der Waals surface area contributed by atoms with Gasteiger partial charge in [-0.2, -0.15) is 26.3 Å². The number of hydrogen-bond donors (Lipinski definition) is 4. The number of thiophene rings is 1. The molecule has 0 amide bonds. The summed E-state index contributed by atoms with van der Waals surface area (Å²) in [5, 5.41) is 25.3. The number of hydrogen-bond acceptors (Lipinski definition) is 8. The van der Waals surface area contributed by atoms with Gasteiger partial charge in [-0.25, -0.2) is 4.39 Å². The standard InChI is InChI=1S/C31H35F7N3O4PS/c1-46(2,44)20-8-9-25(27(13-20)45-18-31(36,37)38)39-11-4-7-28-22(14-30(33,34)35)21-5-3-6-26(29(21)47-28)40-24-10-12-41(16-23(24)32)15-19(43)17-42/h3,5-6,8-9,13,19,23-24,39-40,42-43H,10-12,14-18H2,1-2H3. The van der Waals surface area contributed by atoms with Crippen LogP contribution in [0, 0.1) is 11.8 Å². The van der Waals surface area contributed by atoms with Crippen LogP contribution in [-0.2, 0) is 11.0 Å². The van der Waals surface area contributed by atoms with Crippen LogP contribution in [0.5, 0.6) is 5.75 Å². The minimum Gasteiger partial charge on any atom is -0.482 e. The molecule has 0 saturated carbocycles. The number of anilines is 2. The van der Waals surface area contributed by atoms with Crippen molar-refractivity contribution in [3.05, 3.63) is 46.8 Å².